The number of nitrogens with zero attached hydrogens (tertiary/aromatic N) is 1. The summed E-state index contributed by atoms with van der Waals surface area (Å²) in [6.07, 6.45) is 2.08. The van der Waals surface area contributed by atoms with Gasteiger partial charge in [0.25, 0.3) is 0 Å². The van der Waals surface area contributed by atoms with Crippen LogP contribution in [-0.4, -0.2) is 9.51 Å². The van der Waals surface area contributed by atoms with Crippen LogP contribution in [-0.2, 0) is 0 Å². The van der Waals surface area contributed by atoms with Gasteiger partial charge in [0.2, 0.25) is 6.20 Å². The Kier molecular flexibility index (Phi) is 3.72. The molecule has 0 saturated heterocycles. The van der Waals surface area contributed by atoms with E-state index < -0.39 is 4.92 Å². The molecule has 0 N–H and O–H groups in total. The molecule has 0 bridgehead atoms. The van der Waals surface area contributed by atoms with Crippen molar-refractivity contribution in [2.75, 3.05) is 0 Å². The summed E-state index contributed by atoms with van der Waals surface area (Å²) in [7, 11) is 0. The summed E-state index contributed by atoms with van der Waals surface area (Å²) in [6, 6.07) is 0. The van der Waals surface area contributed by atoms with Gasteiger partial charge in [-0.15, -0.1) is 0 Å². The highest BCUT2D eigenvalue weighted by atomic mass is 32.2. The molecule has 0 atom stereocenters. The molecule has 5 heteroatoms. The fourth-order valence-electron chi connectivity index (χ4n) is 0.147. The molecule has 3 nitrogen and oxygen atoms in total. The monoisotopic (exact) mass is 151 g/mol. The Hall–Kier alpha value is -0.160. The van der Waals surface area contributed by atoms with E-state index in [1.807, 2.05) is 0 Å². The van der Waals surface area contributed by atoms with E-state index >= 15 is 0 Å². The molecular formula is C3H5NO2S2. The molecular weight excluding hydrogens is 146 g/mol. The summed E-state index contributed by atoms with van der Waals surface area (Å²) in [5.41, 5.74) is 0. The Bertz CT molecular complexity index is 112. The van der Waals surface area contributed by atoms with Gasteiger partial charge in [0.1, 0.15) is 0 Å². The standard InChI is InChI=1S/C3H5NO2S2/c5-4(6)2-1-3(7)8/h1-3,7-8H/b2-1+. The van der Waals surface area contributed by atoms with Crippen molar-refractivity contribution >= 4 is 25.3 Å². The molecule has 0 saturated carbocycles. The van der Waals surface area contributed by atoms with E-state index in [4.69, 9.17) is 0 Å². The Morgan fingerprint density at radius 1 is 1.62 bits per heavy atom. The molecule has 0 aromatic rings. The maximum atomic E-state index is 9.55. The van der Waals surface area contributed by atoms with Crippen LogP contribution in [0.15, 0.2) is 12.3 Å². The first-order valence-corrected chi connectivity index (χ1v) is 2.84. The zero-order valence-electron chi connectivity index (χ0n) is 3.89. The van der Waals surface area contributed by atoms with Crippen LogP contribution in [0.5, 0.6) is 0 Å². The molecule has 0 heterocycles. The van der Waals surface area contributed by atoms with Crippen molar-refractivity contribution in [2.45, 2.75) is 4.58 Å². The van der Waals surface area contributed by atoms with Gasteiger partial charge >= 0.3 is 0 Å². The Labute approximate surface area is 57.7 Å². The molecule has 0 aromatic carbocycles. The van der Waals surface area contributed by atoms with Gasteiger partial charge < -0.3 is 0 Å². The summed E-state index contributed by atoms with van der Waals surface area (Å²) < 4.78 is -0.347. The second kappa shape index (κ2) is 3.80. The van der Waals surface area contributed by atoms with E-state index in [1.54, 1.807) is 0 Å². The highest BCUT2D eigenvalue weighted by Crippen LogP contribution is 1.99. The lowest BCUT2D eigenvalue weighted by atomic mass is 10.7. The summed E-state index contributed by atoms with van der Waals surface area (Å²) in [5, 5.41) is 9.55. The molecule has 0 radical (unpaired) electrons. The van der Waals surface area contributed by atoms with E-state index in [0.29, 0.717) is 0 Å². The van der Waals surface area contributed by atoms with E-state index in [9.17, 15) is 10.1 Å². The third-order valence-corrected chi connectivity index (χ3v) is 0.724. The second-order valence-corrected chi connectivity index (χ2v) is 2.56. The van der Waals surface area contributed by atoms with Crippen LogP contribution in [0.4, 0.5) is 0 Å². The summed E-state index contributed by atoms with van der Waals surface area (Å²) >= 11 is 7.49. The minimum Gasteiger partial charge on any atom is -0.259 e. The van der Waals surface area contributed by atoms with Crippen molar-refractivity contribution in [3.63, 3.8) is 0 Å². The van der Waals surface area contributed by atoms with Crippen LogP contribution < -0.4 is 0 Å². The fraction of sp³-hybridized carbons (Fsp3) is 0.333. The highest BCUT2D eigenvalue weighted by Gasteiger charge is 1.88. The molecule has 0 aromatic heterocycles. The second-order valence-electron chi connectivity index (χ2n) is 1.04. The van der Waals surface area contributed by atoms with Crippen LogP contribution in [0, 0.1) is 10.1 Å². The van der Waals surface area contributed by atoms with Gasteiger partial charge in [-0.3, -0.25) is 10.1 Å². The topological polar surface area (TPSA) is 43.1 Å². The molecule has 0 spiro atoms. The highest BCUT2D eigenvalue weighted by molar-refractivity contribution is 7.99. The number of thiol groups is 2. The maximum absolute atomic E-state index is 9.55. The van der Waals surface area contributed by atoms with Gasteiger partial charge in [0, 0.05) is 6.08 Å². The SMILES string of the molecule is O=[N+]([O-])/C=C/C(S)S. The van der Waals surface area contributed by atoms with Crippen LogP contribution in [0.25, 0.3) is 0 Å². The predicted molar refractivity (Wildman–Crippen MR) is 37.9 cm³/mol. The molecule has 0 rings (SSSR count). The lowest BCUT2D eigenvalue weighted by Crippen LogP contribution is -1.85. The number of hydrogen-bond donors (Lipinski definition) is 2. The smallest absolute Gasteiger partial charge is 0.232 e. The first kappa shape index (κ1) is 7.84. The number of rotatable bonds is 2. The first-order chi connectivity index (χ1) is 3.63. The van der Waals surface area contributed by atoms with Crippen molar-refractivity contribution in [3.05, 3.63) is 22.4 Å². The van der Waals surface area contributed by atoms with Gasteiger partial charge in [-0.25, -0.2) is 0 Å². The maximum Gasteiger partial charge on any atom is 0.232 e. The van der Waals surface area contributed by atoms with Gasteiger partial charge in [0.15, 0.2) is 0 Å². The first-order valence-electron chi connectivity index (χ1n) is 1.81. The minimum atomic E-state index is -0.556. The van der Waals surface area contributed by atoms with E-state index in [2.05, 4.69) is 25.3 Å². The van der Waals surface area contributed by atoms with Crippen LogP contribution in [0.2, 0.25) is 0 Å². The molecule has 8 heavy (non-hydrogen) atoms. The number of nitro groups is 1. The molecule has 0 amide bonds. The van der Waals surface area contributed by atoms with E-state index in [0.717, 1.165) is 6.20 Å². The number of hydrogen-bond acceptors (Lipinski definition) is 4. The molecule has 0 aliphatic heterocycles. The lowest BCUT2D eigenvalue weighted by Gasteiger charge is -1.85. The van der Waals surface area contributed by atoms with Crippen molar-refractivity contribution in [1.82, 2.24) is 0 Å². The zero-order chi connectivity index (χ0) is 6.57. The van der Waals surface area contributed by atoms with Crippen LogP contribution >= 0.6 is 25.3 Å². The molecule has 0 fully saturated rings. The molecule has 0 aliphatic carbocycles. The van der Waals surface area contributed by atoms with Gasteiger partial charge in [-0.1, -0.05) is 0 Å². The third-order valence-electron chi connectivity index (χ3n) is 0.380. The Morgan fingerprint density at radius 3 is 2.25 bits per heavy atom. The molecule has 0 unspecified atom stereocenters. The minimum absolute atomic E-state index is 0.347. The van der Waals surface area contributed by atoms with E-state index in [-0.39, 0.29) is 4.58 Å². The van der Waals surface area contributed by atoms with Gasteiger partial charge in [-0.2, -0.15) is 25.3 Å². The summed E-state index contributed by atoms with van der Waals surface area (Å²) in [6.45, 7) is 0. The quantitative estimate of drug-likeness (QED) is 0.267. The van der Waals surface area contributed by atoms with Crippen molar-refractivity contribution in [3.8, 4) is 0 Å². The molecule has 46 valence electrons. The van der Waals surface area contributed by atoms with Crippen LogP contribution in [0.3, 0.4) is 0 Å². The lowest BCUT2D eigenvalue weighted by molar-refractivity contribution is -0.402. The summed E-state index contributed by atoms with van der Waals surface area (Å²) in [4.78, 5) is 9.00. The van der Waals surface area contributed by atoms with Gasteiger partial charge in [-0.05, 0) is 0 Å². The van der Waals surface area contributed by atoms with Crippen molar-refractivity contribution in [2.24, 2.45) is 0 Å². The van der Waals surface area contributed by atoms with Crippen LogP contribution in [0.1, 0.15) is 0 Å². The largest absolute Gasteiger partial charge is 0.259 e. The average Bonchev–Trinajstić information content (AvgIpc) is 1.61. The van der Waals surface area contributed by atoms with Crippen molar-refractivity contribution < 1.29 is 4.92 Å². The Morgan fingerprint density at radius 2 is 2.12 bits per heavy atom. The zero-order valence-corrected chi connectivity index (χ0v) is 5.68. The average molecular weight is 151 g/mol. The van der Waals surface area contributed by atoms with E-state index in [1.165, 1.54) is 6.08 Å². The van der Waals surface area contributed by atoms with Gasteiger partial charge in [0.05, 0.1) is 9.51 Å². The van der Waals surface area contributed by atoms with Crippen molar-refractivity contribution in [1.29, 1.82) is 0 Å². The predicted octanol–water partition coefficient (Wildman–Crippen LogP) is 0.962. The fourth-order valence-corrected chi connectivity index (χ4v) is 0.301. The normalized spacial score (nSPS) is 10.9. The third kappa shape index (κ3) is 5.84. The molecule has 0 aliphatic rings. The summed E-state index contributed by atoms with van der Waals surface area (Å²) in [5.74, 6) is 0. The Balaban J connectivity index is 3.50.